The first kappa shape index (κ1) is 12.0. The molecule has 84 valence electrons. The molecule has 0 spiro atoms. The van der Waals surface area contributed by atoms with Crippen molar-refractivity contribution in [3.05, 3.63) is 24.3 Å². The van der Waals surface area contributed by atoms with E-state index in [4.69, 9.17) is 9.92 Å². The summed E-state index contributed by atoms with van der Waals surface area (Å²) >= 11 is 0. The lowest BCUT2D eigenvalue weighted by Crippen LogP contribution is -2.10. The smallest absolute Gasteiger partial charge is 0.297 e. The molecule has 6 heteroatoms. The first-order valence-electron chi connectivity index (χ1n) is 4.30. The van der Waals surface area contributed by atoms with Gasteiger partial charge >= 0.3 is 0 Å². The summed E-state index contributed by atoms with van der Waals surface area (Å²) in [7, 11) is -2.21. The number of hydrogen-bond donors (Lipinski definition) is 1. The molecule has 0 amide bonds. The van der Waals surface area contributed by atoms with Crippen molar-refractivity contribution in [3.63, 3.8) is 0 Å². The lowest BCUT2D eigenvalue weighted by Gasteiger charge is -2.04. The minimum atomic E-state index is -3.68. The highest BCUT2D eigenvalue weighted by Gasteiger charge is 2.14. The summed E-state index contributed by atoms with van der Waals surface area (Å²) in [5.41, 5.74) is 5.94. The van der Waals surface area contributed by atoms with Crippen molar-refractivity contribution in [3.8, 4) is 0 Å². The van der Waals surface area contributed by atoms with Crippen LogP contribution in [0.1, 0.15) is 0 Å². The van der Waals surface area contributed by atoms with Crippen LogP contribution >= 0.6 is 0 Å². The first-order valence-corrected chi connectivity index (χ1v) is 5.71. The van der Waals surface area contributed by atoms with Gasteiger partial charge in [-0.15, -0.1) is 0 Å². The Hall–Kier alpha value is -1.11. The third-order valence-electron chi connectivity index (χ3n) is 1.69. The second-order valence-electron chi connectivity index (χ2n) is 2.84. The van der Waals surface area contributed by atoms with Gasteiger partial charge in [0.25, 0.3) is 10.1 Å². The minimum Gasteiger partial charge on any atom is -0.399 e. The van der Waals surface area contributed by atoms with Crippen LogP contribution in [0.5, 0.6) is 0 Å². The third kappa shape index (κ3) is 3.50. The van der Waals surface area contributed by atoms with E-state index in [0.717, 1.165) is 0 Å². The molecular weight excluding hydrogens is 218 g/mol. The third-order valence-corrected chi connectivity index (χ3v) is 3.02. The summed E-state index contributed by atoms with van der Waals surface area (Å²) in [5.74, 6) is 0. The van der Waals surface area contributed by atoms with Crippen LogP contribution in [0.2, 0.25) is 0 Å². The fourth-order valence-corrected chi connectivity index (χ4v) is 1.82. The van der Waals surface area contributed by atoms with Crippen molar-refractivity contribution < 1.29 is 17.3 Å². The van der Waals surface area contributed by atoms with E-state index in [1.165, 1.54) is 31.4 Å². The summed E-state index contributed by atoms with van der Waals surface area (Å²) in [6.45, 7) is 0.234. The van der Waals surface area contributed by atoms with Crippen LogP contribution in [-0.4, -0.2) is 28.7 Å². The highest BCUT2D eigenvalue weighted by molar-refractivity contribution is 7.86. The van der Waals surface area contributed by atoms with Crippen LogP contribution in [0.25, 0.3) is 0 Å². The topological polar surface area (TPSA) is 78.6 Å². The molecule has 0 saturated carbocycles. The normalized spacial score (nSPS) is 11.5. The number of benzene rings is 1. The standard InChI is InChI=1S/C9H13NO4S/c1-13-6-7-14-15(11,12)9-4-2-8(10)3-5-9/h2-5H,6-7,10H2,1H3. The number of rotatable bonds is 5. The predicted octanol–water partition coefficient (Wildman–Crippen LogP) is 0.620. The van der Waals surface area contributed by atoms with Gasteiger partial charge in [0.2, 0.25) is 0 Å². The van der Waals surface area contributed by atoms with Crippen molar-refractivity contribution in [2.75, 3.05) is 26.1 Å². The van der Waals surface area contributed by atoms with E-state index in [0.29, 0.717) is 5.69 Å². The monoisotopic (exact) mass is 231 g/mol. The maximum atomic E-state index is 11.5. The number of ether oxygens (including phenoxy) is 1. The van der Waals surface area contributed by atoms with Crippen LogP contribution in [0.15, 0.2) is 29.2 Å². The fourth-order valence-electron chi connectivity index (χ4n) is 0.930. The highest BCUT2D eigenvalue weighted by atomic mass is 32.2. The number of nitrogen functional groups attached to an aromatic ring is 1. The first-order chi connectivity index (χ1) is 7.06. The van der Waals surface area contributed by atoms with E-state index in [2.05, 4.69) is 4.74 Å². The molecule has 1 aromatic rings. The Bertz CT molecular complexity index is 399. The zero-order valence-electron chi connectivity index (χ0n) is 8.34. The number of methoxy groups -OCH3 is 1. The Morgan fingerprint density at radius 3 is 2.33 bits per heavy atom. The molecule has 0 unspecified atom stereocenters. The van der Waals surface area contributed by atoms with Crippen molar-refractivity contribution in [1.82, 2.24) is 0 Å². The SMILES string of the molecule is COCCOS(=O)(=O)c1ccc(N)cc1. The van der Waals surface area contributed by atoms with Gasteiger partial charge in [0.05, 0.1) is 18.1 Å². The van der Waals surface area contributed by atoms with E-state index >= 15 is 0 Å². The highest BCUT2D eigenvalue weighted by Crippen LogP contribution is 2.13. The van der Waals surface area contributed by atoms with Gasteiger partial charge in [-0.1, -0.05) is 0 Å². The predicted molar refractivity (Wildman–Crippen MR) is 55.9 cm³/mol. The van der Waals surface area contributed by atoms with Gasteiger partial charge in [-0.3, -0.25) is 4.18 Å². The van der Waals surface area contributed by atoms with Crippen LogP contribution in [0.4, 0.5) is 5.69 Å². The second kappa shape index (κ2) is 5.11. The van der Waals surface area contributed by atoms with Gasteiger partial charge < -0.3 is 10.5 Å². The van der Waals surface area contributed by atoms with E-state index < -0.39 is 10.1 Å². The molecule has 15 heavy (non-hydrogen) atoms. The van der Waals surface area contributed by atoms with Gasteiger partial charge in [-0.2, -0.15) is 8.42 Å². The van der Waals surface area contributed by atoms with Crippen LogP contribution in [0, 0.1) is 0 Å². The maximum Gasteiger partial charge on any atom is 0.297 e. The maximum absolute atomic E-state index is 11.5. The Morgan fingerprint density at radius 1 is 1.20 bits per heavy atom. The van der Waals surface area contributed by atoms with E-state index in [1.807, 2.05) is 0 Å². The molecule has 0 fully saturated rings. The van der Waals surface area contributed by atoms with E-state index in [-0.39, 0.29) is 18.1 Å². The van der Waals surface area contributed by atoms with Crippen LogP contribution < -0.4 is 5.73 Å². The number of nitrogens with two attached hydrogens (primary N) is 1. The average molecular weight is 231 g/mol. The van der Waals surface area contributed by atoms with Crippen LogP contribution in [0.3, 0.4) is 0 Å². The van der Waals surface area contributed by atoms with E-state index in [9.17, 15) is 8.42 Å². The molecule has 0 aliphatic rings. The summed E-state index contributed by atoms with van der Waals surface area (Å²) in [4.78, 5) is 0.0906. The largest absolute Gasteiger partial charge is 0.399 e. The summed E-state index contributed by atoms with van der Waals surface area (Å²) in [5, 5.41) is 0. The summed E-state index contributed by atoms with van der Waals surface area (Å²) in [6, 6.07) is 5.81. The van der Waals surface area contributed by atoms with Gasteiger partial charge in [-0.25, -0.2) is 0 Å². The molecule has 0 bridgehead atoms. The fraction of sp³-hybridized carbons (Fsp3) is 0.333. The molecule has 0 atom stereocenters. The van der Waals surface area contributed by atoms with E-state index in [1.54, 1.807) is 0 Å². The van der Waals surface area contributed by atoms with Crippen molar-refractivity contribution in [2.45, 2.75) is 4.90 Å². The molecule has 1 rings (SSSR count). The molecule has 5 nitrogen and oxygen atoms in total. The minimum absolute atomic E-state index is 0.00318. The summed E-state index contributed by atoms with van der Waals surface area (Å²) < 4.78 is 32.4. The Balaban J connectivity index is 2.73. The molecular formula is C9H13NO4S. The number of anilines is 1. The summed E-state index contributed by atoms with van der Waals surface area (Å²) in [6.07, 6.45) is 0. The van der Waals surface area contributed by atoms with Crippen molar-refractivity contribution >= 4 is 15.8 Å². The molecule has 1 aromatic carbocycles. The van der Waals surface area contributed by atoms with Crippen molar-refractivity contribution in [2.24, 2.45) is 0 Å². The molecule has 0 aliphatic carbocycles. The average Bonchev–Trinajstić information content (AvgIpc) is 2.18. The zero-order valence-corrected chi connectivity index (χ0v) is 9.16. The molecule has 0 aromatic heterocycles. The van der Waals surface area contributed by atoms with Gasteiger partial charge in [-0.05, 0) is 24.3 Å². The number of hydrogen-bond acceptors (Lipinski definition) is 5. The Labute approximate surface area is 88.9 Å². The quantitative estimate of drug-likeness (QED) is 0.456. The van der Waals surface area contributed by atoms with Gasteiger partial charge in [0.1, 0.15) is 0 Å². The molecule has 0 aliphatic heterocycles. The second-order valence-corrected chi connectivity index (χ2v) is 4.45. The molecule has 2 N–H and O–H groups in total. The zero-order chi connectivity index (χ0) is 11.3. The van der Waals surface area contributed by atoms with Crippen molar-refractivity contribution in [1.29, 1.82) is 0 Å². The Kier molecular flexibility index (Phi) is 4.07. The van der Waals surface area contributed by atoms with Crippen LogP contribution in [-0.2, 0) is 19.0 Å². The lowest BCUT2D eigenvalue weighted by atomic mass is 10.3. The molecule has 0 saturated heterocycles. The Morgan fingerprint density at radius 2 is 1.80 bits per heavy atom. The van der Waals surface area contributed by atoms with Gasteiger partial charge in [0.15, 0.2) is 0 Å². The lowest BCUT2D eigenvalue weighted by molar-refractivity contribution is 0.149. The molecule has 0 radical (unpaired) electrons. The molecule has 0 heterocycles. The van der Waals surface area contributed by atoms with Gasteiger partial charge in [0, 0.05) is 12.8 Å².